The van der Waals surface area contributed by atoms with Crippen LogP contribution in [-0.2, 0) is 23.9 Å². The summed E-state index contributed by atoms with van der Waals surface area (Å²) in [5, 5.41) is 11.2. The van der Waals surface area contributed by atoms with E-state index >= 15 is 0 Å². The largest absolute Gasteiger partial charge is 0.550 e. The maximum absolute atomic E-state index is 12.3. The number of fused-ring (bicyclic) bond motifs is 1. The lowest BCUT2D eigenvalue weighted by atomic mass is 9.77. The molecule has 2 fully saturated rings. The molecule has 0 saturated carbocycles. The van der Waals surface area contributed by atoms with E-state index in [1.165, 1.54) is 4.90 Å². The number of esters is 1. The normalized spacial score (nSPS) is 37.4. The van der Waals surface area contributed by atoms with Crippen molar-refractivity contribution in [3.8, 4) is 0 Å². The van der Waals surface area contributed by atoms with Gasteiger partial charge in [0.2, 0.25) is 5.91 Å². The van der Waals surface area contributed by atoms with Gasteiger partial charge in [0.15, 0.2) is 0 Å². The average Bonchev–Trinajstić information content (AvgIpc) is 2.99. The zero-order valence-electron chi connectivity index (χ0n) is 10.9. The van der Waals surface area contributed by atoms with Crippen LogP contribution >= 0.6 is 0 Å². The summed E-state index contributed by atoms with van der Waals surface area (Å²) in [5.74, 6) is -3.99. The van der Waals surface area contributed by atoms with E-state index in [9.17, 15) is 19.5 Å². The number of hydrogen-bond acceptors (Lipinski definition) is 6. The molecule has 7 heteroatoms. The van der Waals surface area contributed by atoms with Crippen LogP contribution in [0.15, 0.2) is 12.2 Å². The van der Waals surface area contributed by atoms with Crippen molar-refractivity contribution in [2.24, 2.45) is 11.8 Å². The molecule has 3 heterocycles. The molecule has 20 heavy (non-hydrogen) atoms. The van der Waals surface area contributed by atoms with Crippen molar-refractivity contribution in [3.05, 3.63) is 12.2 Å². The summed E-state index contributed by atoms with van der Waals surface area (Å²) in [4.78, 5) is 36.3. The number of carbonyl (C=O) groups excluding carboxylic acids is 3. The zero-order chi connectivity index (χ0) is 14.5. The second kappa shape index (κ2) is 4.31. The van der Waals surface area contributed by atoms with Crippen LogP contribution in [0.4, 0.5) is 0 Å². The topological polar surface area (TPSA) is 96.0 Å². The Morgan fingerprint density at radius 2 is 2.35 bits per heavy atom. The van der Waals surface area contributed by atoms with Crippen molar-refractivity contribution < 1.29 is 29.0 Å². The number of likely N-dealkylation sites (tertiary alicyclic amines) is 1. The predicted octanol–water partition coefficient (Wildman–Crippen LogP) is -1.92. The van der Waals surface area contributed by atoms with E-state index in [0.717, 1.165) is 0 Å². The van der Waals surface area contributed by atoms with E-state index < -0.39 is 35.5 Å². The lowest BCUT2D eigenvalue weighted by molar-refractivity contribution is -0.313. The molecule has 2 saturated heterocycles. The third-order valence-electron chi connectivity index (χ3n) is 4.08. The number of amides is 1. The van der Waals surface area contributed by atoms with Gasteiger partial charge in [-0.15, -0.1) is 0 Å². The standard InChI is InChI=1S/C13H15NO6/c1-2-19-8(15)5-14-6-13-4-3-7(20-13)9(12(17)18)10(13)11(14)16/h3-4,7,9-10H,2,5-6H2,1H3,(H,17,18)/p-1/t7-,9-,10+,13+/m0/s1. The number of nitrogens with zero attached hydrogens (tertiary/aromatic N) is 1. The second-order valence-electron chi connectivity index (χ2n) is 5.22. The molecule has 1 amide bonds. The van der Waals surface area contributed by atoms with Gasteiger partial charge >= 0.3 is 5.97 Å². The first-order chi connectivity index (χ1) is 9.48. The van der Waals surface area contributed by atoms with Crippen molar-refractivity contribution in [2.75, 3.05) is 19.7 Å². The molecule has 0 aromatic heterocycles. The van der Waals surface area contributed by atoms with Crippen LogP contribution in [0.5, 0.6) is 0 Å². The van der Waals surface area contributed by atoms with Crippen LogP contribution in [0.3, 0.4) is 0 Å². The molecular formula is C13H14NO6-. The van der Waals surface area contributed by atoms with Crippen LogP contribution in [0.2, 0.25) is 0 Å². The first-order valence-corrected chi connectivity index (χ1v) is 6.51. The Morgan fingerprint density at radius 1 is 1.60 bits per heavy atom. The third kappa shape index (κ3) is 1.66. The molecule has 0 radical (unpaired) electrons. The fourth-order valence-electron chi connectivity index (χ4n) is 3.34. The summed E-state index contributed by atoms with van der Waals surface area (Å²) in [5.41, 5.74) is -0.932. The van der Waals surface area contributed by atoms with Gasteiger partial charge in [0, 0.05) is 11.9 Å². The zero-order valence-corrected chi connectivity index (χ0v) is 10.9. The van der Waals surface area contributed by atoms with E-state index in [4.69, 9.17) is 9.47 Å². The maximum Gasteiger partial charge on any atom is 0.325 e. The van der Waals surface area contributed by atoms with Crippen LogP contribution in [0.25, 0.3) is 0 Å². The molecule has 108 valence electrons. The average molecular weight is 280 g/mol. The molecule has 0 aliphatic carbocycles. The Labute approximate surface area is 115 Å². The SMILES string of the molecule is CCOC(=O)CN1C[C@@]23C=C[C@H](O2)[C@H](C(=O)[O-])[C@@H]3C1=O. The Hall–Kier alpha value is -1.89. The van der Waals surface area contributed by atoms with E-state index in [-0.39, 0.29) is 25.6 Å². The minimum atomic E-state index is -1.29. The van der Waals surface area contributed by atoms with Gasteiger partial charge < -0.3 is 24.3 Å². The first-order valence-electron chi connectivity index (χ1n) is 6.51. The highest BCUT2D eigenvalue weighted by Gasteiger charge is 2.65. The van der Waals surface area contributed by atoms with Crippen LogP contribution < -0.4 is 5.11 Å². The molecule has 0 aromatic carbocycles. The molecule has 3 aliphatic rings. The lowest BCUT2D eigenvalue weighted by Crippen LogP contribution is -2.45. The Bertz CT molecular complexity index is 515. The van der Waals surface area contributed by atoms with Gasteiger partial charge in [0.25, 0.3) is 0 Å². The quantitative estimate of drug-likeness (QED) is 0.440. The summed E-state index contributed by atoms with van der Waals surface area (Å²) < 4.78 is 10.5. The summed E-state index contributed by atoms with van der Waals surface area (Å²) in [6, 6.07) is 0. The summed E-state index contributed by atoms with van der Waals surface area (Å²) in [6.45, 7) is 1.89. The van der Waals surface area contributed by atoms with Crippen molar-refractivity contribution >= 4 is 17.8 Å². The predicted molar refractivity (Wildman–Crippen MR) is 61.9 cm³/mol. The number of hydrogen-bond donors (Lipinski definition) is 0. The molecule has 0 unspecified atom stereocenters. The smallest absolute Gasteiger partial charge is 0.325 e. The van der Waals surface area contributed by atoms with Gasteiger partial charge in [-0.25, -0.2) is 0 Å². The minimum absolute atomic E-state index is 0.173. The van der Waals surface area contributed by atoms with Gasteiger partial charge in [0.05, 0.1) is 25.2 Å². The highest BCUT2D eigenvalue weighted by Crippen LogP contribution is 2.51. The fraction of sp³-hybridized carbons (Fsp3) is 0.615. The van der Waals surface area contributed by atoms with Gasteiger partial charge in [0.1, 0.15) is 12.1 Å². The number of carboxylic acids is 1. The Kier molecular flexibility index (Phi) is 2.82. The van der Waals surface area contributed by atoms with Crippen molar-refractivity contribution in [1.29, 1.82) is 0 Å². The molecule has 3 aliphatic heterocycles. The van der Waals surface area contributed by atoms with Crippen LogP contribution in [-0.4, -0.2) is 54.1 Å². The van der Waals surface area contributed by atoms with Crippen LogP contribution in [0.1, 0.15) is 6.92 Å². The molecule has 0 aromatic rings. The second-order valence-corrected chi connectivity index (χ2v) is 5.22. The third-order valence-corrected chi connectivity index (χ3v) is 4.08. The van der Waals surface area contributed by atoms with E-state index in [0.29, 0.717) is 0 Å². The first kappa shape index (κ1) is 13.1. The Morgan fingerprint density at radius 3 is 3.00 bits per heavy atom. The van der Waals surface area contributed by atoms with Gasteiger partial charge in [-0.2, -0.15) is 0 Å². The number of ether oxygens (including phenoxy) is 2. The highest BCUT2D eigenvalue weighted by molar-refractivity contribution is 5.92. The van der Waals surface area contributed by atoms with E-state index in [1.54, 1.807) is 19.1 Å². The van der Waals surface area contributed by atoms with Gasteiger partial charge in [-0.1, -0.05) is 12.2 Å². The molecular weight excluding hydrogens is 266 g/mol. The highest BCUT2D eigenvalue weighted by atomic mass is 16.5. The van der Waals surface area contributed by atoms with Crippen molar-refractivity contribution in [1.82, 2.24) is 4.90 Å². The molecule has 4 atom stereocenters. The number of carbonyl (C=O) groups is 3. The minimum Gasteiger partial charge on any atom is -0.550 e. The summed E-state index contributed by atoms with van der Waals surface area (Å²) in [6.07, 6.45) is 2.77. The van der Waals surface area contributed by atoms with Gasteiger partial charge in [-0.05, 0) is 6.92 Å². The Balaban J connectivity index is 1.82. The molecule has 2 bridgehead atoms. The summed E-state index contributed by atoms with van der Waals surface area (Å²) >= 11 is 0. The maximum atomic E-state index is 12.3. The fourth-order valence-corrected chi connectivity index (χ4v) is 3.34. The van der Waals surface area contributed by atoms with Crippen molar-refractivity contribution in [2.45, 2.75) is 18.6 Å². The molecule has 1 spiro atoms. The van der Waals surface area contributed by atoms with E-state index in [2.05, 4.69) is 0 Å². The summed E-state index contributed by atoms with van der Waals surface area (Å²) in [7, 11) is 0. The van der Waals surface area contributed by atoms with Crippen molar-refractivity contribution in [3.63, 3.8) is 0 Å². The van der Waals surface area contributed by atoms with Gasteiger partial charge in [-0.3, -0.25) is 9.59 Å². The monoisotopic (exact) mass is 280 g/mol. The lowest BCUT2D eigenvalue weighted by Gasteiger charge is -2.24. The molecule has 0 N–H and O–H groups in total. The molecule has 7 nitrogen and oxygen atoms in total. The number of carboxylic acid groups (broad SMARTS) is 1. The number of rotatable bonds is 4. The number of aliphatic carboxylic acids is 1. The molecule has 3 rings (SSSR count). The van der Waals surface area contributed by atoms with E-state index in [1.807, 2.05) is 0 Å². The van der Waals surface area contributed by atoms with Crippen LogP contribution in [0, 0.1) is 11.8 Å².